The number of nitrogens with one attached hydrogen (secondary N) is 2. The normalized spacial score (nSPS) is 20.3. The van der Waals surface area contributed by atoms with E-state index in [2.05, 4.69) is 17.6 Å². The third-order valence-corrected chi connectivity index (χ3v) is 7.16. The molecule has 9 heteroatoms. The summed E-state index contributed by atoms with van der Waals surface area (Å²) in [6.07, 6.45) is 3.09. The predicted molar refractivity (Wildman–Crippen MR) is 110 cm³/mol. The average Bonchev–Trinajstić information content (AvgIpc) is 3.13. The van der Waals surface area contributed by atoms with E-state index in [1.54, 1.807) is 19.2 Å². The van der Waals surface area contributed by atoms with E-state index < -0.39 is 15.9 Å². The van der Waals surface area contributed by atoms with Crippen LogP contribution in [0.15, 0.2) is 50.8 Å². The van der Waals surface area contributed by atoms with Gasteiger partial charge >= 0.3 is 0 Å². The van der Waals surface area contributed by atoms with Crippen LogP contribution in [0.3, 0.4) is 0 Å². The maximum atomic E-state index is 12.9. The van der Waals surface area contributed by atoms with Crippen LogP contribution in [0.4, 0.5) is 0 Å². The zero-order valence-corrected chi connectivity index (χ0v) is 17.7. The first-order valence-corrected chi connectivity index (χ1v) is 11.0. The summed E-state index contributed by atoms with van der Waals surface area (Å²) in [5.74, 6) is 0.851. The first-order chi connectivity index (χ1) is 13.8. The second-order valence-corrected chi connectivity index (χ2v) is 9.38. The van der Waals surface area contributed by atoms with E-state index in [1.165, 1.54) is 39.7 Å². The number of aryl methyl sites for hydroxylation is 1. The lowest BCUT2D eigenvalue weighted by Crippen LogP contribution is -3.10. The van der Waals surface area contributed by atoms with Crippen molar-refractivity contribution in [3.8, 4) is 0 Å². The molecule has 8 nitrogen and oxygen atoms in total. The van der Waals surface area contributed by atoms with Gasteiger partial charge in [-0.1, -0.05) is 0 Å². The minimum atomic E-state index is -3.60. The molecule has 2 N–H and O–H groups in total. The molecule has 1 saturated heterocycles. The van der Waals surface area contributed by atoms with Gasteiger partial charge in [0.1, 0.15) is 11.5 Å². The largest absolute Gasteiger partial charge is 0.460 e. The molecule has 0 atom stereocenters. The van der Waals surface area contributed by atoms with Crippen LogP contribution in [-0.2, 0) is 10.0 Å². The molecule has 1 aromatic carbocycles. The number of quaternary nitrogens is 1. The maximum Gasteiger partial charge on any atom is 0.271 e. The molecule has 3 rings (SSSR count). The van der Waals surface area contributed by atoms with Crippen molar-refractivity contribution >= 4 is 22.1 Å². The predicted octanol–water partition coefficient (Wildman–Crippen LogP) is 0.650. The fraction of sp³-hybridized carbons (Fsp3) is 0.400. The van der Waals surface area contributed by atoms with E-state index in [4.69, 9.17) is 4.42 Å². The number of hydrazone groups is 1. The van der Waals surface area contributed by atoms with Crippen LogP contribution in [-0.4, -0.2) is 58.1 Å². The molecule has 0 spiro atoms. The summed E-state index contributed by atoms with van der Waals surface area (Å²) in [7, 11) is 0.152. The monoisotopic (exact) mass is 419 g/mol. The van der Waals surface area contributed by atoms with Gasteiger partial charge in [0.15, 0.2) is 0 Å². The van der Waals surface area contributed by atoms with Crippen molar-refractivity contribution in [2.24, 2.45) is 5.10 Å². The molecule has 2 aromatic rings. The highest BCUT2D eigenvalue weighted by molar-refractivity contribution is 7.89. The highest BCUT2D eigenvalue weighted by Gasteiger charge is 2.31. The van der Waals surface area contributed by atoms with Gasteiger partial charge in [-0.25, -0.2) is 13.8 Å². The zero-order valence-electron chi connectivity index (χ0n) is 16.9. The molecular weight excluding hydrogens is 392 g/mol. The summed E-state index contributed by atoms with van der Waals surface area (Å²) in [5.41, 5.74) is 2.72. The number of piperidine rings is 1. The molecule has 156 valence electrons. The van der Waals surface area contributed by atoms with Crippen LogP contribution >= 0.6 is 0 Å². The quantitative estimate of drug-likeness (QED) is 0.531. The van der Waals surface area contributed by atoms with Crippen LogP contribution in [0.5, 0.6) is 0 Å². The molecule has 1 aliphatic rings. The van der Waals surface area contributed by atoms with Gasteiger partial charge in [-0.15, -0.1) is 0 Å². The van der Waals surface area contributed by atoms with Crippen LogP contribution in [0.25, 0.3) is 0 Å². The summed E-state index contributed by atoms with van der Waals surface area (Å²) in [4.78, 5) is 13.8. The lowest BCUT2D eigenvalue weighted by atomic mass is 10.1. The fourth-order valence-corrected chi connectivity index (χ4v) is 4.76. The summed E-state index contributed by atoms with van der Waals surface area (Å²) in [6.45, 7) is 3.74. The lowest BCUT2D eigenvalue weighted by Gasteiger charge is -2.32. The molecule has 2 heterocycles. The van der Waals surface area contributed by atoms with Crippen molar-refractivity contribution in [1.29, 1.82) is 0 Å². The number of carbonyl (C=O) groups excluding carboxylic acids is 1. The Balaban J connectivity index is 1.63. The SMILES string of the molecule is Cc1ccc(/C=N\NC(=O)c2ccc(S(=O)(=O)N(C)C3CC[NH+](C)CC3)cc2)o1. The number of rotatable bonds is 6. The highest BCUT2D eigenvalue weighted by atomic mass is 32.2. The molecule has 0 unspecified atom stereocenters. The number of furan rings is 1. The van der Waals surface area contributed by atoms with Crippen LogP contribution in [0.2, 0.25) is 0 Å². The zero-order chi connectivity index (χ0) is 21.0. The number of benzene rings is 1. The van der Waals surface area contributed by atoms with Gasteiger partial charge in [0.25, 0.3) is 5.91 Å². The van der Waals surface area contributed by atoms with Crippen LogP contribution < -0.4 is 10.3 Å². The Morgan fingerprint density at radius 1 is 1.21 bits per heavy atom. The topological polar surface area (TPSA) is 96.4 Å². The lowest BCUT2D eigenvalue weighted by molar-refractivity contribution is -0.885. The molecular formula is C20H27N4O4S+. The first-order valence-electron chi connectivity index (χ1n) is 9.56. The number of nitrogens with zero attached hydrogens (tertiary/aromatic N) is 2. The molecule has 0 saturated carbocycles. The van der Waals surface area contributed by atoms with E-state index in [1.807, 2.05) is 6.92 Å². The molecule has 0 aliphatic carbocycles. The molecule has 0 bridgehead atoms. The van der Waals surface area contributed by atoms with Crippen LogP contribution in [0, 0.1) is 6.92 Å². The number of carbonyl (C=O) groups is 1. The molecule has 0 radical (unpaired) electrons. The number of hydrogen-bond acceptors (Lipinski definition) is 5. The van der Waals surface area contributed by atoms with E-state index in [9.17, 15) is 13.2 Å². The third kappa shape index (κ3) is 5.11. The van der Waals surface area contributed by atoms with Gasteiger partial charge in [0.05, 0.1) is 31.2 Å². The summed E-state index contributed by atoms with van der Waals surface area (Å²) in [6, 6.07) is 9.44. The Hall–Kier alpha value is -2.49. The van der Waals surface area contributed by atoms with Crippen molar-refractivity contribution in [2.45, 2.75) is 30.7 Å². The standard InChI is InChI=1S/C20H26N4O4S/c1-15-4-7-18(28-15)14-21-22-20(25)16-5-8-19(9-6-16)29(26,27)24(3)17-10-12-23(2)13-11-17/h4-9,14,17H,10-13H2,1-3H3,(H,22,25)/p+1/b21-14-. The van der Waals surface area contributed by atoms with Gasteiger partial charge in [0, 0.05) is 31.5 Å². The Labute approximate surface area is 171 Å². The van der Waals surface area contributed by atoms with Crippen molar-refractivity contribution in [2.75, 3.05) is 27.2 Å². The summed E-state index contributed by atoms with van der Waals surface area (Å²) in [5, 5.41) is 3.85. The van der Waals surface area contributed by atoms with Crippen molar-refractivity contribution in [3.63, 3.8) is 0 Å². The number of hydrogen-bond donors (Lipinski definition) is 2. The molecule has 1 aromatic heterocycles. The molecule has 1 fully saturated rings. The molecule has 29 heavy (non-hydrogen) atoms. The Morgan fingerprint density at radius 2 is 1.86 bits per heavy atom. The number of amides is 1. The second kappa shape index (κ2) is 8.89. The minimum absolute atomic E-state index is 0.00579. The van der Waals surface area contributed by atoms with Gasteiger partial charge in [-0.05, 0) is 43.3 Å². The highest BCUT2D eigenvalue weighted by Crippen LogP contribution is 2.20. The number of sulfonamides is 1. The van der Waals surface area contributed by atoms with Gasteiger partial charge in [-0.3, -0.25) is 4.79 Å². The molecule has 1 aliphatic heterocycles. The Kier molecular flexibility index (Phi) is 6.51. The van der Waals surface area contributed by atoms with Crippen molar-refractivity contribution in [1.82, 2.24) is 9.73 Å². The smallest absolute Gasteiger partial charge is 0.271 e. The Bertz CT molecular complexity index is 974. The van der Waals surface area contributed by atoms with E-state index in [0.29, 0.717) is 11.3 Å². The van der Waals surface area contributed by atoms with Crippen molar-refractivity contribution < 1.29 is 22.5 Å². The summed E-state index contributed by atoms with van der Waals surface area (Å²) >= 11 is 0. The van der Waals surface area contributed by atoms with Gasteiger partial charge in [-0.2, -0.15) is 9.41 Å². The second-order valence-electron chi connectivity index (χ2n) is 7.38. The molecule has 1 amide bonds. The fourth-order valence-electron chi connectivity index (χ4n) is 3.34. The van der Waals surface area contributed by atoms with Gasteiger partial charge < -0.3 is 9.32 Å². The Morgan fingerprint density at radius 3 is 2.45 bits per heavy atom. The van der Waals surface area contributed by atoms with E-state index in [-0.39, 0.29) is 10.9 Å². The van der Waals surface area contributed by atoms with Gasteiger partial charge in [0.2, 0.25) is 10.0 Å². The minimum Gasteiger partial charge on any atom is -0.460 e. The summed E-state index contributed by atoms with van der Waals surface area (Å²) < 4.78 is 32.6. The third-order valence-electron chi connectivity index (χ3n) is 5.24. The van der Waals surface area contributed by atoms with E-state index in [0.717, 1.165) is 31.7 Å². The average molecular weight is 420 g/mol. The van der Waals surface area contributed by atoms with E-state index >= 15 is 0 Å². The first kappa shape index (κ1) is 21.2. The number of likely N-dealkylation sites (tertiary alicyclic amines) is 1. The van der Waals surface area contributed by atoms with Crippen molar-refractivity contribution in [3.05, 3.63) is 53.5 Å². The van der Waals surface area contributed by atoms with Crippen LogP contribution in [0.1, 0.15) is 34.7 Å². The maximum absolute atomic E-state index is 12.9.